The summed E-state index contributed by atoms with van der Waals surface area (Å²) in [5, 5.41) is 4.43. The molecule has 104 valence electrons. The lowest BCUT2D eigenvalue weighted by Crippen LogP contribution is -2.39. The molecule has 1 aromatic carbocycles. The third-order valence-electron chi connectivity index (χ3n) is 3.84. The third kappa shape index (κ3) is 3.95. The monoisotopic (exact) mass is 299 g/mol. The highest BCUT2D eigenvalue weighted by molar-refractivity contribution is 6.36. The predicted molar refractivity (Wildman–Crippen MR) is 80.2 cm³/mol. The van der Waals surface area contributed by atoms with Crippen molar-refractivity contribution in [1.82, 2.24) is 5.32 Å². The van der Waals surface area contributed by atoms with Gasteiger partial charge in [0.05, 0.1) is 5.02 Å². The van der Waals surface area contributed by atoms with Crippen LogP contribution in [-0.4, -0.2) is 18.4 Å². The van der Waals surface area contributed by atoms with Gasteiger partial charge in [0.1, 0.15) is 0 Å². The van der Waals surface area contributed by atoms with Crippen LogP contribution in [0.25, 0.3) is 0 Å². The van der Waals surface area contributed by atoms with Crippen LogP contribution in [-0.2, 0) is 0 Å². The number of carbonyl (C=O) groups excluding carboxylic acids is 1. The molecule has 0 amide bonds. The first kappa shape index (κ1) is 14.8. The van der Waals surface area contributed by atoms with E-state index in [0.717, 1.165) is 18.9 Å². The maximum absolute atomic E-state index is 12.3. The Bertz CT molecular complexity index is 461. The topological polar surface area (TPSA) is 29.1 Å². The molecule has 0 bridgehead atoms. The molecule has 1 heterocycles. The maximum Gasteiger partial charge on any atom is 0.165 e. The molecule has 1 aliphatic rings. The predicted octanol–water partition coefficient (Wildman–Crippen LogP) is 4.34. The van der Waals surface area contributed by atoms with Crippen LogP contribution in [0.4, 0.5) is 0 Å². The van der Waals surface area contributed by atoms with Gasteiger partial charge in [0, 0.05) is 23.0 Å². The van der Waals surface area contributed by atoms with Gasteiger partial charge in [0.25, 0.3) is 0 Å². The number of nitrogens with one attached hydrogen (secondary N) is 1. The molecule has 1 aliphatic heterocycles. The average Bonchev–Trinajstić information content (AvgIpc) is 2.38. The lowest BCUT2D eigenvalue weighted by molar-refractivity contribution is 0.0957. The summed E-state index contributed by atoms with van der Waals surface area (Å²) in [6, 6.07) is 5.33. The van der Waals surface area contributed by atoms with Gasteiger partial charge < -0.3 is 5.32 Å². The molecule has 0 radical (unpaired) electrons. The first-order valence-electron chi connectivity index (χ1n) is 6.81. The Kier molecular flexibility index (Phi) is 5.26. The van der Waals surface area contributed by atoms with Crippen molar-refractivity contribution >= 4 is 29.0 Å². The quantitative estimate of drug-likeness (QED) is 0.838. The molecule has 4 heteroatoms. The van der Waals surface area contributed by atoms with E-state index in [1.54, 1.807) is 18.2 Å². The number of hydrogen-bond acceptors (Lipinski definition) is 2. The van der Waals surface area contributed by atoms with Gasteiger partial charge in [-0.15, -0.1) is 0 Å². The van der Waals surface area contributed by atoms with Crippen LogP contribution in [0.15, 0.2) is 18.2 Å². The summed E-state index contributed by atoms with van der Waals surface area (Å²) in [7, 11) is 0. The molecule has 2 atom stereocenters. The van der Waals surface area contributed by atoms with E-state index in [2.05, 4.69) is 12.2 Å². The molecule has 0 saturated carbocycles. The summed E-state index contributed by atoms with van der Waals surface area (Å²) in [5.41, 5.74) is 0.575. The first-order chi connectivity index (χ1) is 9.10. The summed E-state index contributed by atoms with van der Waals surface area (Å²) >= 11 is 11.9. The molecule has 1 N–H and O–H groups in total. The van der Waals surface area contributed by atoms with Crippen molar-refractivity contribution in [2.45, 2.75) is 38.6 Å². The summed E-state index contributed by atoms with van der Waals surface area (Å²) < 4.78 is 0. The minimum absolute atomic E-state index is 0.0934. The van der Waals surface area contributed by atoms with Gasteiger partial charge >= 0.3 is 0 Å². The Balaban J connectivity index is 2.00. The van der Waals surface area contributed by atoms with E-state index in [4.69, 9.17) is 23.2 Å². The number of halogens is 2. The van der Waals surface area contributed by atoms with Crippen molar-refractivity contribution in [3.63, 3.8) is 0 Å². The number of Topliss-reactive ketones (excluding diaryl/α,β-unsaturated/α-hetero) is 1. The molecule has 1 fully saturated rings. The van der Waals surface area contributed by atoms with Crippen LogP contribution in [0, 0.1) is 5.92 Å². The van der Waals surface area contributed by atoms with E-state index < -0.39 is 0 Å². The molecule has 2 nitrogen and oxygen atoms in total. The minimum Gasteiger partial charge on any atom is -0.314 e. The Morgan fingerprint density at radius 1 is 1.42 bits per heavy atom. The molecule has 2 unspecified atom stereocenters. The third-order valence-corrected chi connectivity index (χ3v) is 4.39. The Morgan fingerprint density at radius 3 is 2.89 bits per heavy atom. The smallest absolute Gasteiger partial charge is 0.165 e. The zero-order chi connectivity index (χ0) is 13.8. The van der Waals surface area contributed by atoms with E-state index >= 15 is 0 Å². The second kappa shape index (κ2) is 6.74. The number of hydrogen-bond donors (Lipinski definition) is 1. The number of rotatable bonds is 4. The van der Waals surface area contributed by atoms with Crippen LogP contribution < -0.4 is 5.32 Å². The van der Waals surface area contributed by atoms with E-state index in [0.29, 0.717) is 22.0 Å². The highest BCUT2D eigenvalue weighted by Gasteiger charge is 2.23. The summed E-state index contributed by atoms with van der Waals surface area (Å²) in [6.45, 7) is 3.22. The second-order valence-electron chi connectivity index (χ2n) is 5.20. The summed E-state index contributed by atoms with van der Waals surface area (Å²) in [5.74, 6) is 0.829. The Labute approximate surface area is 124 Å². The van der Waals surface area contributed by atoms with Crippen LogP contribution in [0.5, 0.6) is 0 Å². The van der Waals surface area contributed by atoms with E-state index in [1.165, 1.54) is 12.8 Å². The lowest BCUT2D eigenvalue weighted by atomic mass is 9.87. The molecule has 0 spiro atoms. The van der Waals surface area contributed by atoms with Crippen molar-refractivity contribution in [3.05, 3.63) is 33.8 Å². The normalized spacial score (nSPS) is 23.3. The Morgan fingerprint density at radius 2 is 2.21 bits per heavy atom. The molecule has 2 rings (SSSR count). The van der Waals surface area contributed by atoms with Crippen LogP contribution >= 0.6 is 23.2 Å². The molecule has 0 aliphatic carbocycles. The zero-order valence-electron chi connectivity index (χ0n) is 11.1. The second-order valence-corrected chi connectivity index (χ2v) is 6.04. The van der Waals surface area contributed by atoms with Gasteiger partial charge in [-0.1, -0.05) is 36.5 Å². The number of piperidine rings is 1. The van der Waals surface area contributed by atoms with E-state index in [9.17, 15) is 4.79 Å². The van der Waals surface area contributed by atoms with Crippen molar-refractivity contribution < 1.29 is 4.79 Å². The van der Waals surface area contributed by atoms with E-state index in [-0.39, 0.29) is 11.8 Å². The average molecular weight is 300 g/mol. The van der Waals surface area contributed by atoms with Gasteiger partial charge in [-0.3, -0.25) is 4.79 Å². The fourth-order valence-electron chi connectivity index (χ4n) is 2.67. The standard InChI is InChI=1S/C15H19Cl2NO/c1-2-10-5-6-18-12(7-10)9-15(19)13-4-3-11(16)8-14(13)17/h3-4,8,10,12,18H,2,5-7,9H2,1H3. The van der Waals surface area contributed by atoms with E-state index in [1.807, 2.05) is 0 Å². The molecule has 19 heavy (non-hydrogen) atoms. The molecule has 1 aromatic rings. The van der Waals surface area contributed by atoms with Crippen molar-refractivity contribution in [3.8, 4) is 0 Å². The molecule has 1 saturated heterocycles. The van der Waals surface area contributed by atoms with Crippen molar-refractivity contribution in [2.24, 2.45) is 5.92 Å². The zero-order valence-corrected chi connectivity index (χ0v) is 12.6. The largest absolute Gasteiger partial charge is 0.314 e. The molecule has 0 aromatic heterocycles. The highest BCUT2D eigenvalue weighted by Crippen LogP contribution is 2.25. The lowest BCUT2D eigenvalue weighted by Gasteiger charge is -2.29. The van der Waals surface area contributed by atoms with Crippen molar-refractivity contribution in [1.29, 1.82) is 0 Å². The van der Waals surface area contributed by atoms with Crippen molar-refractivity contribution in [2.75, 3.05) is 6.54 Å². The number of ketones is 1. The summed E-state index contributed by atoms with van der Waals surface area (Å²) in [6.07, 6.45) is 3.99. The fraction of sp³-hybridized carbons (Fsp3) is 0.533. The molecular weight excluding hydrogens is 281 g/mol. The van der Waals surface area contributed by atoms with Gasteiger partial charge in [-0.25, -0.2) is 0 Å². The van der Waals surface area contributed by atoms with Gasteiger partial charge in [0.2, 0.25) is 0 Å². The maximum atomic E-state index is 12.3. The summed E-state index contributed by atoms with van der Waals surface area (Å²) in [4.78, 5) is 12.3. The highest BCUT2D eigenvalue weighted by atomic mass is 35.5. The van der Waals surface area contributed by atoms with Gasteiger partial charge in [-0.05, 0) is 43.5 Å². The fourth-order valence-corrected chi connectivity index (χ4v) is 3.18. The van der Waals surface area contributed by atoms with Gasteiger partial charge in [0.15, 0.2) is 5.78 Å². The minimum atomic E-state index is 0.0934. The first-order valence-corrected chi connectivity index (χ1v) is 7.57. The number of carbonyl (C=O) groups is 1. The van der Waals surface area contributed by atoms with Gasteiger partial charge in [-0.2, -0.15) is 0 Å². The number of benzene rings is 1. The van der Waals surface area contributed by atoms with Crippen LogP contribution in [0.3, 0.4) is 0 Å². The van der Waals surface area contributed by atoms with Crippen LogP contribution in [0.2, 0.25) is 10.0 Å². The molecular formula is C15H19Cl2NO. The Hall–Kier alpha value is -0.570. The van der Waals surface area contributed by atoms with Crippen LogP contribution in [0.1, 0.15) is 43.0 Å². The SMILES string of the molecule is CCC1CCNC(CC(=O)c2ccc(Cl)cc2Cl)C1.